The van der Waals surface area contributed by atoms with Crippen molar-refractivity contribution in [2.75, 3.05) is 6.54 Å². The average molecular weight is 180 g/mol. The van der Waals surface area contributed by atoms with Crippen LogP contribution >= 0.6 is 0 Å². The van der Waals surface area contributed by atoms with Crippen LogP contribution < -0.4 is 5.32 Å². The van der Waals surface area contributed by atoms with Gasteiger partial charge in [-0.05, 0) is 46.6 Å². The van der Waals surface area contributed by atoms with Crippen molar-refractivity contribution < 1.29 is 0 Å². The molecule has 0 aliphatic carbocycles. The van der Waals surface area contributed by atoms with Crippen molar-refractivity contribution in [2.24, 2.45) is 4.99 Å². The highest BCUT2D eigenvalue weighted by Gasteiger charge is 2.09. The summed E-state index contributed by atoms with van der Waals surface area (Å²) >= 11 is 0. The molecule has 1 aliphatic heterocycles. The standard InChI is InChI=1S/C11H20N2/c1-9(13-11(2,3)4)8-10-6-5-7-12-10/h8,13H,5-7H2,1-4H3. The smallest absolute Gasteiger partial charge is 0.0396 e. The molecule has 0 unspecified atom stereocenters. The molecule has 1 rings (SSSR count). The predicted octanol–water partition coefficient (Wildman–Crippen LogP) is 2.51. The second kappa shape index (κ2) is 3.95. The maximum Gasteiger partial charge on any atom is 0.0396 e. The molecule has 0 bridgehead atoms. The molecule has 0 atom stereocenters. The molecule has 0 radical (unpaired) electrons. The molecule has 0 fully saturated rings. The quantitative estimate of drug-likeness (QED) is 0.693. The van der Waals surface area contributed by atoms with Gasteiger partial charge in [-0.2, -0.15) is 0 Å². The van der Waals surface area contributed by atoms with Crippen molar-refractivity contribution in [2.45, 2.75) is 46.1 Å². The minimum atomic E-state index is 0.153. The zero-order valence-electron chi connectivity index (χ0n) is 9.15. The lowest BCUT2D eigenvalue weighted by Crippen LogP contribution is -2.34. The maximum atomic E-state index is 4.41. The number of nitrogens with zero attached hydrogens (tertiary/aromatic N) is 1. The van der Waals surface area contributed by atoms with E-state index in [1.54, 1.807) is 0 Å². The maximum absolute atomic E-state index is 4.41. The number of hydrogen-bond acceptors (Lipinski definition) is 2. The van der Waals surface area contributed by atoms with E-state index in [9.17, 15) is 0 Å². The fraction of sp³-hybridized carbons (Fsp3) is 0.727. The molecule has 2 heteroatoms. The Labute approximate surface area is 81.1 Å². The molecule has 0 saturated heterocycles. The van der Waals surface area contributed by atoms with Crippen LogP contribution in [0.15, 0.2) is 16.8 Å². The van der Waals surface area contributed by atoms with Gasteiger partial charge < -0.3 is 5.32 Å². The lowest BCUT2D eigenvalue weighted by Gasteiger charge is -2.22. The molecule has 13 heavy (non-hydrogen) atoms. The Morgan fingerprint density at radius 3 is 2.62 bits per heavy atom. The monoisotopic (exact) mass is 180 g/mol. The Morgan fingerprint density at radius 2 is 2.15 bits per heavy atom. The third kappa shape index (κ3) is 4.11. The summed E-state index contributed by atoms with van der Waals surface area (Å²) in [5, 5.41) is 3.43. The molecule has 0 saturated carbocycles. The number of allylic oxidation sites excluding steroid dienone is 2. The van der Waals surface area contributed by atoms with E-state index in [0.29, 0.717) is 0 Å². The SMILES string of the molecule is CC(=CC1=NCCC1)NC(C)(C)C. The molecule has 0 spiro atoms. The number of hydrogen-bond donors (Lipinski definition) is 1. The van der Waals surface area contributed by atoms with Crippen molar-refractivity contribution in [3.8, 4) is 0 Å². The van der Waals surface area contributed by atoms with Gasteiger partial charge in [0, 0.05) is 23.5 Å². The van der Waals surface area contributed by atoms with E-state index in [4.69, 9.17) is 0 Å². The van der Waals surface area contributed by atoms with Crippen LogP contribution in [0.25, 0.3) is 0 Å². The minimum absolute atomic E-state index is 0.153. The van der Waals surface area contributed by atoms with Crippen LogP contribution in [0.3, 0.4) is 0 Å². The molecular formula is C11H20N2. The zero-order valence-corrected chi connectivity index (χ0v) is 9.15. The largest absolute Gasteiger partial charge is 0.384 e. The summed E-state index contributed by atoms with van der Waals surface area (Å²) in [7, 11) is 0. The molecule has 1 aliphatic rings. The van der Waals surface area contributed by atoms with Crippen molar-refractivity contribution in [3.63, 3.8) is 0 Å². The Bertz CT molecular complexity index is 231. The third-order valence-electron chi connectivity index (χ3n) is 1.86. The van der Waals surface area contributed by atoms with Gasteiger partial charge in [-0.25, -0.2) is 0 Å². The molecule has 0 aromatic heterocycles. The highest BCUT2D eigenvalue weighted by Crippen LogP contribution is 2.08. The first kappa shape index (κ1) is 10.3. The van der Waals surface area contributed by atoms with Crippen LogP contribution in [-0.4, -0.2) is 17.8 Å². The van der Waals surface area contributed by atoms with Gasteiger partial charge in [0.25, 0.3) is 0 Å². The van der Waals surface area contributed by atoms with E-state index in [1.807, 2.05) is 0 Å². The van der Waals surface area contributed by atoms with E-state index in [-0.39, 0.29) is 5.54 Å². The molecular weight excluding hydrogens is 160 g/mol. The molecule has 0 amide bonds. The summed E-state index contributed by atoms with van der Waals surface area (Å²) in [5.74, 6) is 0. The highest BCUT2D eigenvalue weighted by atomic mass is 15.0. The van der Waals surface area contributed by atoms with Gasteiger partial charge in [-0.15, -0.1) is 0 Å². The second-order valence-corrected chi connectivity index (χ2v) is 4.68. The topological polar surface area (TPSA) is 24.4 Å². The zero-order chi connectivity index (χ0) is 9.90. The summed E-state index contributed by atoms with van der Waals surface area (Å²) in [4.78, 5) is 4.41. The van der Waals surface area contributed by atoms with Crippen molar-refractivity contribution in [3.05, 3.63) is 11.8 Å². The van der Waals surface area contributed by atoms with Gasteiger partial charge in [0.05, 0.1) is 0 Å². The van der Waals surface area contributed by atoms with Gasteiger partial charge in [0.2, 0.25) is 0 Å². The van der Waals surface area contributed by atoms with Crippen molar-refractivity contribution >= 4 is 5.71 Å². The fourth-order valence-electron chi connectivity index (χ4n) is 1.56. The van der Waals surface area contributed by atoms with Crippen LogP contribution in [0.4, 0.5) is 0 Å². The summed E-state index contributed by atoms with van der Waals surface area (Å²) in [6.45, 7) is 9.61. The number of rotatable bonds is 2. The molecule has 1 heterocycles. The van der Waals surface area contributed by atoms with Gasteiger partial charge >= 0.3 is 0 Å². The lowest BCUT2D eigenvalue weighted by molar-refractivity contribution is 0.474. The number of nitrogens with one attached hydrogen (secondary N) is 1. The second-order valence-electron chi connectivity index (χ2n) is 4.68. The molecule has 2 nitrogen and oxygen atoms in total. The van der Waals surface area contributed by atoms with Gasteiger partial charge in [-0.3, -0.25) is 4.99 Å². The molecule has 74 valence electrons. The fourth-order valence-corrected chi connectivity index (χ4v) is 1.56. The first-order chi connectivity index (χ1) is 5.97. The van der Waals surface area contributed by atoms with Gasteiger partial charge in [0.1, 0.15) is 0 Å². The Balaban J connectivity index is 2.51. The van der Waals surface area contributed by atoms with Crippen LogP contribution in [0, 0.1) is 0 Å². The van der Waals surface area contributed by atoms with Gasteiger partial charge in [0.15, 0.2) is 0 Å². The Morgan fingerprint density at radius 1 is 1.46 bits per heavy atom. The molecule has 1 N–H and O–H groups in total. The van der Waals surface area contributed by atoms with E-state index in [0.717, 1.165) is 13.0 Å². The summed E-state index contributed by atoms with van der Waals surface area (Å²) in [6, 6.07) is 0. The van der Waals surface area contributed by atoms with Crippen LogP contribution in [0.1, 0.15) is 40.5 Å². The minimum Gasteiger partial charge on any atom is -0.384 e. The van der Waals surface area contributed by atoms with Crippen molar-refractivity contribution in [1.29, 1.82) is 0 Å². The number of aliphatic imine (C=N–C) groups is 1. The molecule has 0 aromatic carbocycles. The summed E-state index contributed by atoms with van der Waals surface area (Å²) in [5.41, 5.74) is 2.61. The van der Waals surface area contributed by atoms with E-state index >= 15 is 0 Å². The third-order valence-corrected chi connectivity index (χ3v) is 1.86. The van der Waals surface area contributed by atoms with E-state index in [2.05, 4.69) is 44.1 Å². The van der Waals surface area contributed by atoms with E-state index in [1.165, 1.54) is 17.8 Å². The normalized spacial score (nSPS) is 18.8. The predicted molar refractivity (Wildman–Crippen MR) is 58.2 cm³/mol. The Kier molecular flexibility index (Phi) is 3.12. The Hall–Kier alpha value is -0.790. The first-order valence-corrected chi connectivity index (χ1v) is 4.97. The van der Waals surface area contributed by atoms with Crippen molar-refractivity contribution in [1.82, 2.24) is 5.32 Å². The molecule has 0 aromatic rings. The summed E-state index contributed by atoms with van der Waals surface area (Å²) in [6.07, 6.45) is 4.52. The lowest BCUT2D eigenvalue weighted by atomic mass is 10.1. The van der Waals surface area contributed by atoms with Gasteiger partial charge in [-0.1, -0.05) is 0 Å². The average Bonchev–Trinajstić information content (AvgIpc) is 2.34. The first-order valence-electron chi connectivity index (χ1n) is 4.97. The van der Waals surface area contributed by atoms with Crippen LogP contribution in [-0.2, 0) is 0 Å². The van der Waals surface area contributed by atoms with Crippen LogP contribution in [0.2, 0.25) is 0 Å². The van der Waals surface area contributed by atoms with E-state index < -0.39 is 0 Å². The summed E-state index contributed by atoms with van der Waals surface area (Å²) < 4.78 is 0. The highest BCUT2D eigenvalue weighted by molar-refractivity contribution is 5.96. The van der Waals surface area contributed by atoms with Crippen LogP contribution in [0.5, 0.6) is 0 Å².